The Bertz CT molecular complexity index is 184. The van der Waals surface area contributed by atoms with Gasteiger partial charge >= 0.3 is 0 Å². The highest BCUT2D eigenvalue weighted by Crippen LogP contribution is 2.31. The van der Waals surface area contributed by atoms with Crippen LogP contribution in [0.25, 0.3) is 0 Å². The van der Waals surface area contributed by atoms with Crippen LogP contribution in [-0.4, -0.2) is 11.4 Å². The van der Waals surface area contributed by atoms with Crippen LogP contribution in [0.5, 0.6) is 0 Å². The summed E-state index contributed by atoms with van der Waals surface area (Å²) >= 11 is 0. The molecule has 2 atom stereocenters. The summed E-state index contributed by atoms with van der Waals surface area (Å²) in [6.07, 6.45) is 3.95. The summed E-state index contributed by atoms with van der Waals surface area (Å²) in [4.78, 5) is 11.3. The van der Waals surface area contributed by atoms with Crippen molar-refractivity contribution in [3.05, 3.63) is 0 Å². The Labute approximate surface area is 84.8 Å². The lowest BCUT2D eigenvalue weighted by molar-refractivity contribution is -0.128. The summed E-state index contributed by atoms with van der Waals surface area (Å²) < 4.78 is 0. The van der Waals surface area contributed by atoms with Gasteiger partial charge in [0, 0.05) is 5.54 Å². The summed E-state index contributed by atoms with van der Waals surface area (Å²) in [5, 5.41) is 0. The molecule has 0 aromatic carbocycles. The van der Waals surface area contributed by atoms with E-state index in [0.29, 0.717) is 0 Å². The highest BCUT2D eigenvalue weighted by Gasteiger charge is 2.37. The van der Waals surface area contributed by atoms with E-state index in [1.807, 2.05) is 6.92 Å². The molecule has 1 saturated carbocycles. The molecule has 1 fully saturated rings. The maximum atomic E-state index is 11.3. The largest absolute Gasteiger partial charge is 0.325 e. The second-order valence-electron chi connectivity index (χ2n) is 3.81. The molecule has 0 radical (unpaired) electrons. The van der Waals surface area contributed by atoms with Crippen molar-refractivity contribution in [3.8, 4) is 0 Å². The monoisotopic (exact) mass is 207 g/mol. The summed E-state index contributed by atoms with van der Waals surface area (Å²) in [7, 11) is 0. The highest BCUT2D eigenvalue weighted by molar-refractivity contribution is 5.85. The molecule has 0 spiro atoms. The first-order valence-electron chi connectivity index (χ1n) is 4.37. The van der Waals surface area contributed by atoms with E-state index in [2.05, 4.69) is 5.43 Å². The van der Waals surface area contributed by atoms with Crippen molar-refractivity contribution in [2.75, 3.05) is 0 Å². The van der Waals surface area contributed by atoms with Crippen LogP contribution in [0, 0.1) is 5.92 Å². The van der Waals surface area contributed by atoms with Gasteiger partial charge in [-0.3, -0.25) is 10.2 Å². The van der Waals surface area contributed by atoms with Gasteiger partial charge in [0.2, 0.25) is 5.91 Å². The third kappa shape index (κ3) is 2.83. The zero-order valence-corrected chi connectivity index (χ0v) is 8.69. The van der Waals surface area contributed by atoms with Crippen molar-refractivity contribution in [1.82, 2.24) is 5.43 Å². The van der Waals surface area contributed by atoms with Crippen LogP contribution in [0.4, 0.5) is 0 Å². The molecule has 1 rings (SSSR count). The number of hydrogen-bond donors (Lipinski definition) is 3. The molecule has 5 N–H and O–H groups in total. The molecular weight excluding hydrogens is 190 g/mol. The van der Waals surface area contributed by atoms with Gasteiger partial charge in [0.05, 0.1) is 5.92 Å². The van der Waals surface area contributed by atoms with Crippen molar-refractivity contribution >= 4 is 18.3 Å². The quantitative estimate of drug-likeness (QED) is 0.329. The maximum absolute atomic E-state index is 11.3. The number of hydrazine groups is 1. The van der Waals surface area contributed by atoms with Crippen molar-refractivity contribution in [3.63, 3.8) is 0 Å². The molecule has 0 aliphatic heterocycles. The number of nitrogens with one attached hydrogen (secondary N) is 1. The van der Waals surface area contributed by atoms with Gasteiger partial charge in [0.15, 0.2) is 0 Å². The Balaban J connectivity index is 0.00000144. The fraction of sp³-hybridized carbons (Fsp3) is 0.875. The number of carbonyl (C=O) groups excluding carboxylic acids is 1. The smallest absolute Gasteiger partial charge is 0.238 e. The second-order valence-corrected chi connectivity index (χ2v) is 3.81. The summed E-state index contributed by atoms with van der Waals surface area (Å²) in [5.41, 5.74) is 7.78. The maximum Gasteiger partial charge on any atom is 0.238 e. The Kier molecular flexibility index (Phi) is 4.67. The molecular formula is C8H18ClN3O. The minimum atomic E-state index is -0.373. The SMILES string of the molecule is CC1(N)CCCCC1C(=O)NN.Cl. The molecule has 0 bridgehead atoms. The molecule has 78 valence electrons. The van der Waals surface area contributed by atoms with Gasteiger partial charge in [-0.1, -0.05) is 12.8 Å². The number of hydrogen-bond acceptors (Lipinski definition) is 3. The summed E-state index contributed by atoms with van der Waals surface area (Å²) in [6, 6.07) is 0. The predicted molar refractivity (Wildman–Crippen MR) is 54.1 cm³/mol. The molecule has 0 heterocycles. The lowest BCUT2D eigenvalue weighted by atomic mass is 9.74. The average Bonchev–Trinajstić information content (AvgIpc) is 2.02. The summed E-state index contributed by atoms with van der Waals surface area (Å²) in [5.74, 6) is 4.83. The number of amides is 1. The Morgan fingerprint density at radius 2 is 2.15 bits per heavy atom. The van der Waals surface area contributed by atoms with Crippen molar-refractivity contribution in [1.29, 1.82) is 0 Å². The number of nitrogens with two attached hydrogens (primary N) is 2. The minimum absolute atomic E-state index is 0. The van der Waals surface area contributed by atoms with Crippen LogP contribution < -0.4 is 17.0 Å². The zero-order valence-electron chi connectivity index (χ0n) is 7.88. The van der Waals surface area contributed by atoms with Gasteiger partial charge in [-0.25, -0.2) is 5.84 Å². The van der Waals surface area contributed by atoms with Gasteiger partial charge in [-0.15, -0.1) is 12.4 Å². The van der Waals surface area contributed by atoms with Crippen molar-refractivity contribution in [2.45, 2.75) is 38.1 Å². The number of halogens is 1. The molecule has 1 aliphatic carbocycles. The molecule has 13 heavy (non-hydrogen) atoms. The van der Waals surface area contributed by atoms with E-state index in [1.165, 1.54) is 0 Å². The van der Waals surface area contributed by atoms with Crippen LogP contribution in [0.3, 0.4) is 0 Å². The van der Waals surface area contributed by atoms with Gasteiger partial charge in [0.1, 0.15) is 0 Å². The van der Waals surface area contributed by atoms with Gasteiger partial charge in [0.25, 0.3) is 0 Å². The van der Waals surface area contributed by atoms with E-state index in [4.69, 9.17) is 11.6 Å². The standard InChI is InChI=1S/C8H17N3O.ClH/c1-8(9)5-3-2-4-6(8)7(12)11-10;/h6H,2-5,9-10H2,1H3,(H,11,12);1H. The van der Waals surface area contributed by atoms with E-state index in [1.54, 1.807) is 0 Å². The van der Waals surface area contributed by atoms with E-state index in [0.717, 1.165) is 25.7 Å². The van der Waals surface area contributed by atoms with Crippen LogP contribution >= 0.6 is 12.4 Å². The van der Waals surface area contributed by atoms with Crippen molar-refractivity contribution < 1.29 is 4.79 Å². The molecule has 2 unspecified atom stereocenters. The molecule has 1 aliphatic rings. The third-order valence-corrected chi connectivity index (χ3v) is 2.71. The lowest BCUT2D eigenvalue weighted by Crippen LogP contribution is -2.54. The van der Waals surface area contributed by atoms with Crippen LogP contribution in [0.1, 0.15) is 32.6 Å². The van der Waals surface area contributed by atoms with E-state index in [-0.39, 0.29) is 29.8 Å². The molecule has 0 aromatic heterocycles. The summed E-state index contributed by atoms with van der Waals surface area (Å²) in [6.45, 7) is 1.92. The first kappa shape index (κ1) is 12.7. The van der Waals surface area contributed by atoms with Crippen molar-refractivity contribution in [2.24, 2.45) is 17.5 Å². The van der Waals surface area contributed by atoms with Gasteiger partial charge in [-0.2, -0.15) is 0 Å². The van der Waals surface area contributed by atoms with Gasteiger partial charge in [-0.05, 0) is 19.8 Å². The molecule has 0 aromatic rings. The fourth-order valence-corrected chi connectivity index (χ4v) is 1.89. The lowest BCUT2D eigenvalue weighted by Gasteiger charge is -2.36. The van der Waals surface area contributed by atoms with Crippen LogP contribution in [0.2, 0.25) is 0 Å². The Hall–Kier alpha value is -0.320. The normalized spacial score (nSPS) is 33.3. The topological polar surface area (TPSA) is 81.1 Å². The van der Waals surface area contributed by atoms with E-state index in [9.17, 15) is 4.79 Å². The second kappa shape index (κ2) is 4.79. The zero-order chi connectivity index (χ0) is 9.19. The highest BCUT2D eigenvalue weighted by atomic mass is 35.5. The molecule has 0 saturated heterocycles. The molecule has 5 heteroatoms. The fourth-order valence-electron chi connectivity index (χ4n) is 1.89. The first-order chi connectivity index (χ1) is 5.58. The van der Waals surface area contributed by atoms with Crippen LogP contribution in [0.15, 0.2) is 0 Å². The molecule has 1 amide bonds. The van der Waals surface area contributed by atoms with Crippen LogP contribution in [-0.2, 0) is 4.79 Å². The number of rotatable bonds is 1. The minimum Gasteiger partial charge on any atom is -0.325 e. The Morgan fingerprint density at radius 1 is 1.54 bits per heavy atom. The van der Waals surface area contributed by atoms with Gasteiger partial charge < -0.3 is 5.73 Å². The predicted octanol–water partition coefficient (Wildman–Crippen LogP) is 0.306. The Morgan fingerprint density at radius 3 is 2.62 bits per heavy atom. The number of carbonyl (C=O) groups is 1. The molecule has 4 nitrogen and oxygen atoms in total. The average molecular weight is 208 g/mol. The third-order valence-electron chi connectivity index (χ3n) is 2.71. The van der Waals surface area contributed by atoms with E-state index >= 15 is 0 Å². The van der Waals surface area contributed by atoms with E-state index < -0.39 is 0 Å². The first-order valence-corrected chi connectivity index (χ1v) is 4.37.